The van der Waals surface area contributed by atoms with Gasteiger partial charge in [0.05, 0.1) is 29.6 Å². The quantitative estimate of drug-likeness (QED) is 0.685. The van der Waals surface area contributed by atoms with E-state index in [0.29, 0.717) is 5.75 Å². The Kier molecular flexibility index (Phi) is 4.44. The summed E-state index contributed by atoms with van der Waals surface area (Å²) >= 11 is 0. The third-order valence-corrected chi connectivity index (χ3v) is 4.18. The average Bonchev–Trinajstić information content (AvgIpc) is 2.89. The van der Waals surface area contributed by atoms with E-state index in [9.17, 15) is 19.2 Å². The number of amides is 3. The molecule has 0 saturated heterocycles. The number of imide groups is 1. The van der Waals surface area contributed by atoms with Crippen LogP contribution in [-0.4, -0.2) is 29.4 Å². The SMILES string of the molecule is COc1ccc(-n2c(N)c3c(cc2=O)C(=O)NC3=O)c(NC(=O)C(C)C)c1. The molecule has 1 aromatic heterocycles. The lowest BCUT2D eigenvalue weighted by molar-refractivity contribution is -0.118. The molecule has 140 valence electrons. The number of pyridine rings is 1. The van der Waals surface area contributed by atoms with Crippen LogP contribution < -0.4 is 26.7 Å². The molecule has 0 unspecified atom stereocenters. The molecule has 0 aliphatic carbocycles. The van der Waals surface area contributed by atoms with Crippen LogP contribution in [0.2, 0.25) is 0 Å². The number of nitrogens with one attached hydrogen (secondary N) is 2. The normalized spacial score (nSPS) is 12.7. The van der Waals surface area contributed by atoms with Crippen molar-refractivity contribution in [2.45, 2.75) is 13.8 Å². The minimum absolute atomic E-state index is 0.0694. The van der Waals surface area contributed by atoms with Crippen molar-refractivity contribution in [3.63, 3.8) is 0 Å². The van der Waals surface area contributed by atoms with Gasteiger partial charge < -0.3 is 15.8 Å². The molecule has 0 atom stereocenters. The molecule has 27 heavy (non-hydrogen) atoms. The molecule has 3 amide bonds. The molecule has 1 aromatic carbocycles. The second-order valence-corrected chi connectivity index (χ2v) is 6.30. The highest BCUT2D eigenvalue weighted by atomic mass is 16.5. The molecule has 1 aliphatic heterocycles. The van der Waals surface area contributed by atoms with Crippen LogP contribution in [0.25, 0.3) is 5.69 Å². The lowest BCUT2D eigenvalue weighted by Crippen LogP contribution is -2.26. The van der Waals surface area contributed by atoms with Crippen molar-refractivity contribution in [2.24, 2.45) is 5.92 Å². The first-order valence-electron chi connectivity index (χ1n) is 8.15. The summed E-state index contributed by atoms with van der Waals surface area (Å²) in [6, 6.07) is 5.71. The minimum Gasteiger partial charge on any atom is -0.497 e. The number of nitrogens with zero attached hydrogens (tertiary/aromatic N) is 1. The van der Waals surface area contributed by atoms with Crippen molar-refractivity contribution in [3.05, 3.63) is 45.7 Å². The van der Waals surface area contributed by atoms with Crippen LogP contribution in [0.15, 0.2) is 29.1 Å². The Balaban J connectivity index is 2.24. The summed E-state index contributed by atoms with van der Waals surface area (Å²) in [7, 11) is 1.47. The number of fused-ring (bicyclic) bond motifs is 1. The first-order chi connectivity index (χ1) is 12.7. The maximum atomic E-state index is 12.6. The molecule has 4 N–H and O–H groups in total. The van der Waals surface area contributed by atoms with Crippen molar-refractivity contribution in [3.8, 4) is 11.4 Å². The number of hydrogen-bond donors (Lipinski definition) is 3. The Morgan fingerprint density at radius 2 is 1.89 bits per heavy atom. The Morgan fingerprint density at radius 3 is 2.52 bits per heavy atom. The van der Waals surface area contributed by atoms with E-state index in [2.05, 4.69) is 10.6 Å². The van der Waals surface area contributed by atoms with Crippen LogP contribution in [0.3, 0.4) is 0 Å². The van der Waals surface area contributed by atoms with Gasteiger partial charge in [-0.1, -0.05) is 13.8 Å². The Morgan fingerprint density at radius 1 is 1.19 bits per heavy atom. The number of carbonyl (C=O) groups excluding carboxylic acids is 3. The van der Waals surface area contributed by atoms with E-state index in [0.717, 1.165) is 10.6 Å². The standard InChI is InChI=1S/C18H18N4O5/c1-8(2)16(24)20-11-6-9(27-3)4-5-12(11)22-13(23)7-10-14(15(22)19)18(26)21-17(10)25/h4-8H,19H2,1-3H3,(H,20,24)(H,21,25,26). The van der Waals surface area contributed by atoms with E-state index in [1.165, 1.54) is 13.2 Å². The topological polar surface area (TPSA) is 133 Å². The van der Waals surface area contributed by atoms with Crippen LogP contribution in [0.4, 0.5) is 11.5 Å². The van der Waals surface area contributed by atoms with Crippen LogP contribution in [0.5, 0.6) is 5.75 Å². The summed E-state index contributed by atoms with van der Waals surface area (Å²) in [6.45, 7) is 3.45. The molecule has 0 saturated carbocycles. The predicted molar refractivity (Wildman–Crippen MR) is 98.3 cm³/mol. The largest absolute Gasteiger partial charge is 0.497 e. The zero-order chi connectivity index (χ0) is 19.9. The highest BCUT2D eigenvalue weighted by Crippen LogP contribution is 2.29. The summed E-state index contributed by atoms with van der Waals surface area (Å²) in [5.41, 5.74) is 5.84. The fourth-order valence-electron chi connectivity index (χ4n) is 2.74. The average molecular weight is 370 g/mol. The number of benzene rings is 1. The number of nitrogen functional groups attached to an aromatic ring is 1. The number of carbonyl (C=O) groups is 3. The van der Waals surface area contributed by atoms with Crippen molar-refractivity contribution in [1.29, 1.82) is 0 Å². The number of hydrogen-bond acceptors (Lipinski definition) is 6. The zero-order valence-corrected chi connectivity index (χ0v) is 15.0. The minimum atomic E-state index is -0.678. The van der Waals surface area contributed by atoms with Gasteiger partial charge in [0.15, 0.2) is 0 Å². The van der Waals surface area contributed by atoms with Gasteiger partial charge in [-0.2, -0.15) is 0 Å². The highest BCUT2D eigenvalue weighted by molar-refractivity contribution is 6.23. The summed E-state index contributed by atoms with van der Waals surface area (Å²) in [4.78, 5) is 48.6. The van der Waals surface area contributed by atoms with Gasteiger partial charge in [0.2, 0.25) is 5.91 Å². The van der Waals surface area contributed by atoms with Crippen molar-refractivity contribution < 1.29 is 19.1 Å². The van der Waals surface area contributed by atoms with Crippen LogP contribution in [-0.2, 0) is 4.79 Å². The molecule has 3 rings (SSSR count). The number of nitrogens with two attached hydrogens (primary N) is 1. The molecule has 2 heterocycles. The summed E-state index contributed by atoms with van der Waals surface area (Å²) in [6.07, 6.45) is 0. The molecule has 0 fully saturated rings. The second kappa shape index (κ2) is 6.60. The van der Waals surface area contributed by atoms with E-state index in [1.54, 1.807) is 26.0 Å². The number of aromatic nitrogens is 1. The Labute approximate surface area is 154 Å². The van der Waals surface area contributed by atoms with E-state index in [-0.39, 0.29) is 40.1 Å². The highest BCUT2D eigenvalue weighted by Gasteiger charge is 2.32. The smallest absolute Gasteiger partial charge is 0.262 e. The third kappa shape index (κ3) is 3.03. The fraction of sp³-hybridized carbons (Fsp3) is 0.222. The molecular weight excluding hydrogens is 352 g/mol. The molecule has 9 heteroatoms. The van der Waals surface area contributed by atoms with Crippen molar-refractivity contribution in [2.75, 3.05) is 18.2 Å². The second-order valence-electron chi connectivity index (χ2n) is 6.30. The first-order valence-corrected chi connectivity index (χ1v) is 8.15. The van der Waals surface area contributed by atoms with E-state index >= 15 is 0 Å². The summed E-state index contributed by atoms with van der Waals surface area (Å²) in [5, 5.41) is 4.83. The lowest BCUT2D eigenvalue weighted by atomic mass is 10.1. The van der Waals surface area contributed by atoms with E-state index in [1.807, 2.05) is 0 Å². The predicted octanol–water partition coefficient (Wildman–Crippen LogP) is 0.906. The number of anilines is 2. The van der Waals surface area contributed by atoms with Gasteiger partial charge in [-0.15, -0.1) is 0 Å². The van der Waals surface area contributed by atoms with Gasteiger partial charge in [-0.05, 0) is 12.1 Å². The fourth-order valence-corrected chi connectivity index (χ4v) is 2.74. The monoisotopic (exact) mass is 370 g/mol. The molecule has 9 nitrogen and oxygen atoms in total. The first kappa shape index (κ1) is 18.2. The number of methoxy groups -OCH3 is 1. The maximum Gasteiger partial charge on any atom is 0.262 e. The van der Waals surface area contributed by atoms with Crippen LogP contribution in [0.1, 0.15) is 34.6 Å². The van der Waals surface area contributed by atoms with Crippen LogP contribution in [0, 0.1) is 5.92 Å². The molecule has 0 radical (unpaired) electrons. The number of rotatable bonds is 4. The van der Waals surface area contributed by atoms with E-state index in [4.69, 9.17) is 10.5 Å². The van der Waals surface area contributed by atoms with E-state index < -0.39 is 17.4 Å². The van der Waals surface area contributed by atoms with Gasteiger partial charge in [0.1, 0.15) is 11.6 Å². The zero-order valence-electron chi connectivity index (χ0n) is 15.0. The van der Waals surface area contributed by atoms with Crippen molar-refractivity contribution >= 4 is 29.2 Å². The van der Waals surface area contributed by atoms with Gasteiger partial charge in [-0.25, -0.2) is 0 Å². The molecule has 0 spiro atoms. The van der Waals surface area contributed by atoms with Gasteiger partial charge >= 0.3 is 0 Å². The van der Waals surface area contributed by atoms with Gasteiger partial charge in [0, 0.05) is 18.1 Å². The Hall–Kier alpha value is -3.62. The van der Waals surface area contributed by atoms with Gasteiger partial charge in [-0.3, -0.25) is 29.1 Å². The Bertz CT molecular complexity index is 1040. The summed E-state index contributed by atoms with van der Waals surface area (Å²) < 4.78 is 6.25. The van der Waals surface area contributed by atoms with Gasteiger partial charge in [0.25, 0.3) is 17.4 Å². The third-order valence-electron chi connectivity index (χ3n) is 4.18. The molecule has 1 aliphatic rings. The van der Waals surface area contributed by atoms with Crippen molar-refractivity contribution in [1.82, 2.24) is 9.88 Å². The molecule has 0 bridgehead atoms. The summed E-state index contributed by atoms with van der Waals surface area (Å²) in [5.74, 6) is -1.66. The lowest BCUT2D eigenvalue weighted by Gasteiger charge is -2.18. The maximum absolute atomic E-state index is 12.6. The van der Waals surface area contributed by atoms with Crippen LogP contribution >= 0.6 is 0 Å². The molecule has 2 aromatic rings. The number of ether oxygens (including phenoxy) is 1. The molecular formula is C18H18N4O5.